The van der Waals surface area contributed by atoms with Crippen molar-refractivity contribution in [2.75, 3.05) is 45.9 Å². The summed E-state index contributed by atoms with van der Waals surface area (Å²) in [4.78, 5) is 34.7. The Kier molecular flexibility index (Phi) is 8.82. The zero-order valence-corrected chi connectivity index (χ0v) is 22.9. The van der Waals surface area contributed by atoms with Gasteiger partial charge in [0.2, 0.25) is 5.92 Å². The van der Waals surface area contributed by atoms with E-state index in [1.165, 1.54) is 6.20 Å². The zero-order chi connectivity index (χ0) is 28.2. The molecule has 10 heteroatoms. The van der Waals surface area contributed by atoms with E-state index in [0.717, 1.165) is 39.1 Å². The van der Waals surface area contributed by atoms with E-state index in [-0.39, 0.29) is 5.54 Å². The number of piperazine rings is 1. The molecule has 8 nitrogen and oxygen atoms in total. The van der Waals surface area contributed by atoms with Crippen LogP contribution in [0.3, 0.4) is 0 Å². The van der Waals surface area contributed by atoms with Crippen LogP contribution in [0.25, 0.3) is 10.9 Å². The third-order valence-corrected chi connectivity index (χ3v) is 7.69. The average molecular weight is 542 g/mol. The van der Waals surface area contributed by atoms with Crippen LogP contribution in [0.4, 0.5) is 8.78 Å². The minimum Gasteiger partial charge on any atom is -0.494 e. The minimum atomic E-state index is -3.04. The summed E-state index contributed by atoms with van der Waals surface area (Å²) in [6.45, 7) is 12.0. The van der Waals surface area contributed by atoms with Crippen LogP contribution >= 0.6 is 0 Å². The Hall–Kier alpha value is -3.16. The largest absolute Gasteiger partial charge is 0.494 e. The maximum absolute atomic E-state index is 13.7. The Balaban J connectivity index is 1.30. The number of nitriles is 1. The molecule has 1 aromatic heterocycles. The lowest BCUT2D eigenvalue weighted by Crippen LogP contribution is -2.53. The van der Waals surface area contributed by atoms with Gasteiger partial charge in [0.1, 0.15) is 5.75 Å². The zero-order valence-electron chi connectivity index (χ0n) is 22.9. The van der Waals surface area contributed by atoms with Crippen molar-refractivity contribution in [3.63, 3.8) is 0 Å². The first kappa shape index (κ1) is 28.8. The summed E-state index contributed by atoms with van der Waals surface area (Å²) in [5.74, 6) is -5.62. The van der Waals surface area contributed by atoms with Gasteiger partial charge < -0.3 is 15.0 Å². The topological polar surface area (TPSA) is 98.6 Å². The van der Waals surface area contributed by atoms with E-state index in [0.29, 0.717) is 28.8 Å². The highest BCUT2D eigenvalue weighted by molar-refractivity contribution is 6.07. The number of rotatable bonds is 9. The molecule has 1 amide bonds. The number of hydrogen-bond donors (Lipinski definition) is 1. The minimum absolute atomic E-state index is 0.194. The number of amides is 1. The van der Waals surface area contributed by atoms with Gasteiger partial charge in [-0.3, -0.25) is 19.5 Å². The Bertz CT molecular complexity index is 1230. The fourth-order valence-electron chi connectivity index (χ4n) is 5.41. The van der Waals surface area contributed by atoms with Crippen LogP contribution < -0.4 is 10.1 Å². The van der Waals surface area contributed by atoms with Crippen molar-refractivity contribution >= 4 is 22.6 Å². The summed E-state index contributed by atoms with van der Waals surface area (Å²) in [6.07, 6.45) is 1.09. The molecule has 1 aromatic carbocycles. The molecule has 0 bridgehead atoms. The monoisotopic (exact) mass is 541 g/mol. The number of hydrogen-bond acceptors (Lipinski definition) is 7. The number of pyridine rings is 1. The van der Waals surface area contributed by atoms with Crippen molar-refractivity contribution in [3.05, 3.63) is 36.0 Å². The predicted molar refractivity (Wildman–Crippen MR) is 144 cm³/mol. The summed E-state index contributed by atoms with van der Waals surface area (Å²) in [5.41, 5.74) is 1.10. The normalized spacial score (nSPS) is 21.9. The van der Waals surface area contributed by atoms with Crippen molar-refractivity contribution in [1.29, 1.82) is 5.26 Å². The van der Waals surface area contributed by atoms with Crippen LogP contribution in [0.2, 0.25) is 0 Å². The fourth-order valence-corrected chi connectivity index (χ4v) is 5.41. The molecule has 1 unspecified atom stereocenters. The Labute approximate surface area is 228 Å². The van der Waals surface area contributed by atoms with Crippen LogP contribution in [-0.4, -0.2) is 83.8 Å². The first-order valence-electron chi connectivity index (χ1n) is 13.5. The smallest absolute Gasteiger partial charge is 0.252 e. The Morgan fingerprint density at radius 2 is 1.92 bits per heavy atom. The number of ether oxygens (including phenoxy) is 1. The van der Waals surface area contributed by atoms with Gasteiger partial charge in [0, 0.05) is 68.6 Å². The Morgan fingerprint density at radius 3 is 2.62 bits per heavy atom. The summed E-state index contributed by atoms with van der Waals surface area (Å²) < 4.78 is 33.4. The number of ketones is 1. The molecule has 2 heterocycles. The second-order valence-electron chi connectivity index (χ2n) is 11.5. The lowest BCUT2D eigenvalue weighted by molar-refractivity contribution is -0.123. The Morgan fingerprint density at radius 1 is 1.18 bits per heavy atom. The third kappa shape index (κ3) is 7.28. The molecule has 0 spiro atoms. The van der Waals surface area contributed by atoms with E-state index in [1.807, 2.05) is 6.07 Å². The van der Waals surface area contributed by atoms with E-state index in [2.05, 4.69) is 40.9 Å². The summed E-state index contributed by atoms with van der Waals surface area (Å²) in [6, 6.07) is 8.69. The third-order valence-electron chi connectivity index (χ3n) is 7.69. The summed E-state index contributed by atoms with van der Waals surface area (Å²) in [5, 5.41) is 12.3. The molecular weight excluding hydrogens is 504 g/mol. The van der Waals surface area contributed by atoms with Crippen molar-refractivity contribution in [3.8, 4) is 11.8 Å². The van der Waals surface area contributed by atoms with E-state index >= 15 is 0 Å². The number of halogens is 2. The number of alkyl halides is 2. The molecule has 2 aromatic rings. The van der Waals surface area contributed by atoms with Crippen LogP contribution in [0.15, 0.2) is 30.5 Å². The summed E-state index contributed by atoms with van der Waals surface area (Å²) in [7, 11) is 0. The number of aromatic nitrogens is 1. The second-order valence-corrected chi connectivity index (χ2v) is 11.5. The van der Waals surface area contributed by atoms with Crippen LogP contribution in [0, 0.1) is 23.2 Å². The van der Waals surface area contributed by atoms with E-state index in [9.17, 15) is 18.4 Å². The van der Waals surface area contributed by atoms with Crippen LogP contribution in [0.1, 0.15) is 50.4 Å². The summed E-state index contributed by atoms with van der Waals surface area (Å²) >= 11 is 0. The SMILES string of the molecule is CC(C)(C)N1CCN(CCCOc2ccc3nccc(C(=O)NCC(=O)C4CC(F)(F)C[C@H]4C#N)c3c2)CC1. The predicted octanol–water partition coefficient (Wildman–Crippen LogP) is 3.90. The second kappa shape index (κ2) is 11.9. The molecule has 1 saturated carbocycles. The van der Waals surface area contributed by atoms with Crippen LogP contribution in [-0.2, 0) is 4.79 Å². The van der Waals surface area contributed by atoms with E-state index < -0.39 is 48.8 Å². The van der Waals surface area contributed by atoms with Crippen molar-refractivity contribution < 1.29 is 23.1 Å². The first-order valence-corrected chi connectivity index (χ1v) is 13.5. The van der Waals surface area contributed by atoms with Gasteiger partial charge in [-0.2, -0.15) is 5.26 Å². The van der Waals surface area contributed by atoms with Gasteiger partial charge in [0.05, 0.1) is 36.2 Å². The molecular formula is C29H37F2N5O3. The number of carbonyl (C=O) groups excluding carboxylic acids is 2. The fraction of sp³-hybridized carbons (Fsp3) is 0.586. The van der Waals surface area contributed by atoms with Crippen LogP contribution in [0.5, 0.6) is 5.75 Å². The lowest BCUT2D eigenvalue weighted by Gasteiger charge is -2.42. The van der Waals surface area contributed by atoms with Gasteiger partial charge in [0.25, 0.3) is 5.91 Å². The number of benzene rings is 1. The maximum Gasteiger partial charge on any atom is 0.252 e. The molecule has 2 fully saturated rings. The maximum atomic E-state index is 13.7. The number of Topliss-reactive ketones (excluding diaryl/α,β-unsaturated/α-hetero) is 1. The molecule has 2 atom stereocenters. The number of fused-ring (bicyclic) bond motifs is 1. The number of carbonyl (C=O) groups is 2. The molecule has 39 heavy (non-hydrogen) atoms. The van der Waals surface area contributed by atoms with Crippen molar-refractivity contribution in [2.24, 2.45) is 11.8 Å². The highest BCUT2D eigenvalue weighted by Crippen LogP contribution is 2.43. The quantitative estimate of drug-likeness (QED) is 0.481. The first-order chi connectivity index (χ1) is 18.5. The molecule has 1 N–H and O–H groups in total. The molecule has 1 saturated heterocycles. The number of nitrogens with zero attached hydrogens (tertiary/aromatic N) is 4. The van der Waals surface area contributed by atoms with Gasteiger partial charge in [0.15, 0.2) is 5.78 Å². The van der Waals surface area contributed by atoms with Crippen molar-refractivity contribution in [2.45, 2.75) is 51.5 Å². The highest BCUT2D eigenvalue weighted by Gasteiger charge is 2.49. The van der Waals surface area contributed by atoms with Gasteiger partial charge in [-0.25, -0.2) is 8.78 Å². The average Bonchev–Trinajstić information content (AvgIpc) is 3.23. The molecule has 1 aliphatic carbocycles. The van der Waals surface area contributed by atoms with Crippen molar-refractivity contribution in [1.82, 2.24) is 20.1 Å². The molecule has 4 rings (SSSR count). The molecule has 2 aliphatic rings. The van der Waals surface area contributed by atoms with Gasteiger partial charge in [-0.05, 0) is 51.5 Å². The molecule has 210 valence electrons. The highest BCUT2D eigenvalue weighted by atomic mass is 19.3. The van der Waals surface area contributed by atoms with Gasteiger partial charge in [-0.1, -0.05) is 0 Å². The molecule has 1 aliphatic heterocycles. The van der Waals surface area contributed by atoms with Gasteiger partial charge >= 0.3 is 0 Å². The van der Waals surface area contributed by atoms with Gasteiger partial charge in [-0.15, -0.1) is 0 Å². The van der Waals surface area contributed by atoms with E-state index in [4.69, 9.17) is 10.00 Å². The lowest BCUT2D eigenvalue weighted by atomic mass is 9.93. The molecule has 0 radical (unpaired) electrons. The standard InChI is InChI=1S/C29H37F2N5O3/c1-28(2,3)36-12-10-35(11-13-36)9-4-14-39-21-5-6-25-23(15-21)22(7-8-33-25)27(38)34-19-26(37)24-17-29(30,31)16-20(24)18-32/h5-8,15,20,24H,4,9-14,16-17,19H2,1-3H3,(H,34,38)/t20-,24?/m0/s1. The van der Waals surface area contributed by atoms with E-state index in [1.54, 1.807) is 24.3 Å². The number of nitrogens with one attached hydrogen (secondary N) is 1.